The topological polar surface area (TPSA) is 184 Å². The lowest BCUT2D eigenvalue weighted by atomic mass is 10.00. The Morgan fingerprint density at radius 1 is 1.00 bits per heavy atom. The molecule has 6 rings (SSSR count). The van der Waals surface area contributed by atoms with E-state index in [0.29, 0.717) is 42.3 Å². The Balaban J connectivity index is 1.05. The van der Waals surface area contributed by atoms with Crippen molar-refractivity contribution in [3.8, 4) is 17.2 Å². The van der Waals surface area contributed by atoms with Gasteiger partial charge in [-0.3, -0.25) is 4.52 Å². The largest absolute Gasteiger partial charge is 0.497 e. The van der Waals surface area contributed by atoms with Crippen LogP contribution >= 0.6 is 7.60 Å². The molecule has 3 aliphatic rings. The fraction of sp³-hybridized carbons (Fsp3) is 0.512. The summed E-state index contributed by atoms with van der Waals surface area (Å²) < 4.78 is 92.6. The molecule has 3 heterocycles. The van der Waals surface area contributed by atoms with Crippen molar-refractivity contribution in [3.63, 3.8) is 0 Å². The highest BCUT2D eigenvalue weighted by Gasteiger charge is 2.44. The summed E-state index contributed by atoms with van der Waals surface area (Å²) in [7, 11) is -6.19. The van der Waals surface area contributed by atoms with E-state index in [1.807, 2.05) is 19.1 Å². The highest BCUT2D eigenvalue weighted by atomic mass is 32.2. The van der Waals surface area contributed by atoms with E-state index in [1.54, 1.807) is 74.7 Å². The van der Waals surface area contributed by atoms with Gasteiger partial charge in [0.2, 0.25) is 10.0 Å². The van der Waals surface area contributed by atoms with Gasteiger partial charge < -0.3 is 43.0 Å². The molecule has 0 spiro atoms. The number of carbonyl (C=O) groups excluding carboxylic acids is 2. The minimum Gasteiger partial charge on any atom is -0.497 e. The zero-order chi connectivity index (χ0) is 42.0. The van der Waals surface area contributed by atoms with Crippen molar-refractivity contribution in [2.75, 3.05) is 59.6 Å². The summed E-state index contributed by atoms with van der Waals surface area (Å²) >= 11 is 0. The number of sulfonamides is 1. The molecule has 2 fully saturated rings. The zero-order valence-corrected chi connectivity index (χ0v) is 35.4. The van der Waals surface area contributed by atoms with Gasteiger partial charge in [0.15, 0.2) is 18.7 Å². The van der Waals surface area contributed by atoms with Crippen LogP contribution in [0.15, 0.2) is 77.7 Å². The van der Waals surface area contributed by atoms with Gasteiger partial charge >= 0.3 is 19.7 Å². The van der Waals surface area contributed by atoms with Crippen LogP contribution in [0.25, 0.3) is 0 Å². The fourth-order valence-electron chi connectivity index (χ4n) is 7.20. The second-order valence-electron chi connectivity index (χ2n) is 14.5. The maximum absolute atomic E-state index is 13.7. The number of carbonyl (C=O) groups is 2. The standard InChI is InChI=1S/C41H53N2O14PS/c1-5-51-39(44)29(3)56-58(46,57-33-9-7-6-8-10-33)27-50-21-22-52-32-13-11-30(12-14-32)23-31(42-41(45)55-37-26-54-40-35(37)18-20-53-40)17-19-43-25-28(2)36-24-34(49-4)15-16-38(36)59(43,47)48/h6-16,24,28-29,31,35,37,40H,5,17-23,25-27H2,1-4H3,(H,42,45)/t28?,29-,31+,35-,37-,40+,58?/m0/s1. The number of alkyl carbamates (subject to hydrolysis) is 1. The maximum atomic E-state index is 13.7. The first kappa shape index (κ1) is 44.3. The molecule has 0 bridgehead atoms. The number of fused-ring (bicyclic) bond motifs is 2. The van der Waals surface area contributed by atoms with E-state index >= 15 is 0 Å². The third kappa shape index (κ3) is 11.7. The van der Waals surface area contributed by atoms with Crippen LogP contribution in [0.3, 0.4) is 0 Å². The molecule has 1 N–H and O–H groups in total. The average molecular weight is 861 g/mol. The SMILES string of the molecule is CCOC(=O)[C@H](C)OP(=O)(COCCOc1ccc(C[C@@H](CCN2CC(C)c3cc(OC)ccc3S2(=O)=O)NC(=O)O[C@H]2CO[C@H]3OCC[C@H]32)cc1)Oc1ccccc1. The smallest absolute Gasteiger partial charge is 0.407 e. The molecule has 18 heteroatoms. The summed E-state index contributed by atoms with van der Waals surface area (Å²) in [5, 5.41) is 2.99. The number of hydrogen-bond acceptors (Lipinski definition) is 14. The lowest BCUT2D eigenvalue weighted by Gasteiger charge is -2.33. The molecule has 3 aromatic carbocycles. The Bertz CT molecular complexity index is 2020. The molecule has 7 atom stereocenters. The minimum atomic E-state index is -3.94. The number of nitrogens with zero attached hydrogens (tertiary/aromatic N) is 1. The third-order valence-corrected chi connectivity index (χ3v) is 13.8. The summed E-state index contributed by atoms with van der Waals surface area (Å²) in [4.78, 5) is 25.7. The van der Waals surface area contributed by atoms with Crippen molar-refractivity contribution in [1.29, 1.82) is 0 Å². The van der Waals surface area contributed by atoms with Crippen LogP contribution in [0.1, 0.15) is 50.7 Å². The van der Waals surface area contributed by atoms with Crippen LogP contribution in [0.4, 0.5) is 4.79 Å². The Labute approximate surface area is 345 Å². The predicted octanol–water partition coefficient (Wildman–Crippen LogP) is 5.89. The molecular weight excluding hydrogens is 807 g/mol. The molecule has 0 aromatic heterocycles. The van der Waals surface area contributed by atoms with E-state index in [0.717, 1.165) is 12.0 Å². The van der Waals surface area contributed by atoms with Crippen molar-refractivity contribution in [2.24, 2.45) is 5.92 Å². The van der Waals surface area contributed by atoms with Gasteiger partial charge in [-0.15, -0.1) is 0 Å². The predicted molar refractivity (Wildman–Crippen MR) is 214 cm³/mol. The summed E-state index contributed by atoms with van der Waals surface area (Å²) in [6.07, 6.45) is -1.57. The van der Waals surface area contributed by atoms with Crippen LogP contribution < -0.4 is 19.3 Å². The van der Waals surface area contributed by atoms with Crippen molar-refractivity contribution >= 4 is 29.7 Å². The van der Waals surface area contributed by atoms with Crippen LogP contribution in [-0.2, 0) is 54.0 Å². The van der Waals surface area contributed by atoms with Gasteiger partial charge in [-0.1, -0.05) is 37.3 Å². The van der Waals surface area contributed by atoms with Gasteiger partial charge in [0, 0.05) is 19.1 Å². The van der Waals surface area contributed by atoms with E-state index in [4.69, 9.17) is 42.2 Å². The third-order valence-electron chi connectivity index (χ3n) is 10.2. The number of ether oxygens (including phenoxy) is 7. The Kier molecular flexibility index (Phi) is 15.3. The van der Waals surface area contributed by atoms with Crippen LogP contribution in [0, 0.1) is 5.92 Å². The summed E-state index contributed by atoms with van der Waals surface area (Å²) in [5.41, 5.74) is 1.58. The second-order valence-corrected chi connectivity index (χ2v) is 18.3. The van der Waals surface area contributed by atoms with E-state index in [2.05, 4.69) is 5.32 Å². The van der Waals surface area contributed by atoms with Gasteiger partial charge in [-0.05, 0) is 92.6 Å². The average Bonchev–Trinajstić information content (AvgIpc) is 3.84. The Morgan fingerprint density at radius 3 is 2.51 bits per heavy atom. The molecule has 0 radical (unpaired) electrons. The number of esters is 1. The van der Waals surface area contributed by atoms with Crippen molar-refractivity contribution < 1.29 is 64.8 Å². The highest BCUT2D eigenvalue weighted by Crippen LogP contribution is 2.49. The highest BCUT2D eigenvalue weighted by molar-refractivity contribution is 7.89. The van der Waals surface area contributed by atoms with Gasteiger partial charge in [0.1, 0.15) is 30.0 Å². The summed E-state index contributed by atoms with van der Waals surface area (Å²) in [5.74, 6) is 0.655. The minimum absolute atomic E-state index is 0.0312. The first-order chi connectivity index (χ1) is 28.4. The second kappa shape index (κ2) is 20.4. The number of benzene rings is 3. The molecule has 0 aliphatic carbocycles. The Morgan fingerprint density at radius 2 is 1.76 bits per heavy atom. The van der Waals surface area contributed by atoms with Gasteiger partial charge in [-0.2, -0.15) is 4.31 Å². The molecular formula is C41H53N2O14PS. The van der Waals surface area contributed by atoms with E-state index in [1.165, 1.54) is 11.2 Å². The molecule has 3 aromatic rings. The zero-order valence-electron chi connectivity index (χ0n) is 33.7. The fourth-order valence-corrected chi connectivity index (χ4v) is 10.6. The first-order valence-electron chi connectivity index (χ1n) is 19.7. The van der Waals surface area contributed by atoms with Crippen LogP contribution in [0.5, 0.6) is 17.2 Å². The first-order valence-corrected chi connectivity index (χ1v) is 22.9. The molecule has 16 nitrogen and oxygen atoms in total. The van der Waals surface area contributed by atoms with E-state index in [9.17, 15) is 22.6 Å². The summed E-state index contributed by atoms with van der Waals surface area (Å²) in [6, 6.07) is 20.2. The molecule has 3 aliphatic heterocycles. The maximum Gasteiger partial charge on any atom is 0.407 e. The number of rotatable bonds is 20. The van der Waals surface area contributed by atoms with Gasteiger partial charge in [0.25, 0.3) is 0 Å². The lowest BCUT2D eigenvalue weighted by molar-refractivity contribution is -0.150. The molecule has 322 valence electrons. The summed E-state index contributed by atoms with van der Waals surface area (Å²) in [6.45, 7) is 6.60. The molecule has 0 saturated carbocycles. The van der Waals surface area contributed by atoms with Gasteiger partial charge in [-0.25, -0.2) is 22.6 Å². The number of hydrogen-bond donors (Lipinski definition) is 1. The van der Waals surface area contributed by atoms with E-state index in [-0.39, 0.29) is 62.5 Å². The monoisotopic (exact) mass is 860 g/mol. The van der Waals surface area contributed by atoms with Crippen LogP contribution in [0.2, 0.25) is 0 Å². The molecule has 2 saturated heterocycles. The van der Waals surface area contributed by atoms with Crippen molar-refractivity contribution in [1.82, 2.24) is 9.62 Å². The lowest BCUT2D eigenvalue weighted by Crippen LogP contribution is -2.44. The Hall–Kier alpha value is -4.22. The number of nitrogens with one attached hydrogen (secondary N) is 1. The molecule has 59 heavy (non-hydrogen) atoms. The van der Waals surface area contributed by atoms with Crippen LogP contribution in [-0.4, -0.2) is 109 Å². The quantitative estimate of drug-likeness (QED) is 0.0807. The van der Waals surface area contributed by atoms with Crippen molar-refractivity contribution in [2.45, 2.75) is 75.4 Å². The molecule has 2 unspecified atom stereocenters. The molecule has 1 amide bonds. The number of para-hydroxylation sites is 1. The van der Waals surface area contributed by atoms with Gasteiger partial charge in [0.05, 0.1) is 44.4 Å². The van der Waals surface area contributed by atoms with E-state index < -0.39 is 54.3 Å². The van der Waals surface area contributed by atoms with Crippen molar-refractivity contribution in [3.05, 3.63) is 83.9 Å². The number of methoxy groups -OCH3 is 1. The normalized spacial score (nSPS) is 22.8. The number of amides is 1.